The highest BCUT2D eigenvalue weighted by Crippen LogP contribution is 2.30. The quantitative estimate of drug-likeness (QED) is 0.645. The fourth-order valence-electron chi connectivity index (χ4n) is 1.57. The van der Waals surface area contributed by atoms with E-state index in [1.165, 1.54) is 24.4 Å². The maximum absolute atomic E-state index is 10.8. The average molecular weight is 307 g/mol. The van der Waals surface area contributed by atoms with Crippen LogP contribution in [0.3, 0.4) is 0 Å². The molecule has 0 unspecified atom stereocenters. The third-order valence-electron chi connectivity index (χ3n) is 2.46. The van der Waals surface area contributed by atoms with Crippen molar-refractivity contribution in [3.63, 3.8) is 0 Å². The van der Waals surface area contributed by atoms with Crippen molar-refractivity contribution >= 4 is 29.8 Å². The number of hydrazone groups is 1. The van der Waals surface area contributed by atoms with Gasteiger partial charge in [-0.2, -0.15) is 5.10 Å². The number of nitrogens with two attached hydrogens (primary N) is 1. The first-order chi connectivity index (χ1) is 9.97. The van der Waals surface area contributed by atoms with E-state index in [0.717, 1.165) is 0 Å². The minimum atomic E-state index is -1.31. The number of hydrogen-bond acceptors (Lipinski definition) is 5. The van der Waals surface area contributed by atoms with Crippen LogP contribution in [-0.2, 0) is 0 Å². The molecule has 2 rings (SSSR count). The highest BCUT2D eigenvalue weighted by Gasteiger charge is 2.09. The molecule has 0 aliphatic rings. The summed E-state index contributed by atoms with van der Waals surface area (Å²) in [6.45, 7) is 0. The van der Waals surface area contributed by atoms with Gasteiger partial charge in [0.2, 0.25) is 0 Å². The molecule has 0 aliphatic carbocycles. The summed E-state index contributed by atoms with van der Waals surface area (Å²) < 4.78 is 5.43. The molecular weight excluding hydrogens is 298 g/mol. The standard InChI is InChI=1S/C13H10ClN3O4/c14-10-3-1-7(12(18)19)5-9(10)11-4-2-8(21-11)6-16-17-13(15)20/h1-6H,(H,18,19)(H3,15,17,20)/p-1/b16-6-. The first-order valence-electron chi connectivity index (χ1n) is 5.67. The number of amides is 2. The molecule has 0 saturated heterocycles. The zero-order valence-electron chi connectivity index (χ0n) is 10.5. The Hall–Kier alpha value is -2.80. The maximum atomic E-state index is 10.8. The number of rotatable bonds is 4. The van der Waals surface area contributed by atoms with Gasteiger partial charge in [-0.15, -0.1) is 0 Å². The summed E-state index contributed by atoms with van der Waals surface area (Å²) in [6.07, 6.45) is 1.24. The first kappa shape index (κ1) is 14.6. The fraction of sp³-hybridized carbons (Fsp3) is 0. The number of carbonyl (C=O) groups is 2. The molecule has 108 valence electrons. The van der Waals surface area contributed by atoms with E-state index in [9.17, 15) is 14.7 Å². The number of nitrogens with one attached hydrogen (secondary N) is 1. The van der Waals surface area contributed by atoms with E-state index >= 15 is 0 Å². The van der Waals surface area contributed by atoms with Gasteiger partial charge in [-0.1, -0.05) is 17.7 Å². The molecule has 7 nitrogen and oxygen atoms in total. The minimum Gasteiger partial charge on any atom is -0.545 e. The van der Waals surface area contributed by atoms with Crippen molar-refractivity contribution < 1.29 is 19.1 Å². The molecule has 0 radical (unpaired) electrons. The Balaban J connectivity index is 2.29. The summed E-state index contributed by atoms with van der Waals surface area (Å²) in [5, 5.41) is 14.7. The Morgan fingerprint density at radius 1 is 1.33 bits per heavy atom. The molecule has 0 saturated carbocycles. The molecule has 8 heteroatoms. The molecule has 0 spiro atoms. The molecule has 0 bridgehead atoms. The second-order valence-electron chi connectivity index (χ2n) is 3.92. The Labute approximate surface area is 124 Å². The summed E-state index contributed by atoms with van der Waals surface area (Å²) in [5.41, 5.74) is 7.25. The van der Waals surface area contributed by atoms with Gasteiger partial charge in [0.05, 0.1) is 17.2 Å². The second-order valence-corrected chi connectivity index (χ2v) is 4.33. The van der Waals surface area contributed by atoms with E-state index in [4.69, 9.17) is 21.8 Å². The average Bonchev–Trinajstić information content (AvgIpc) is 2.87. The number of hydrogen-bond donors (Lipinski definition) is 2. The SMILES string of the molecule is NC(=O)N/N=C\c1ccc(-c2cc(C(=O)[O-])ccc2Cl)o1. The van der Waals surface area contributed by atoms with Crippen LogP contribution in [0.2, 0.25) is 5.02 Å². The van der Waals surface area contributed by atoms with Crippen molar-refractivity contribution in [2.75, 3.05) is 0 Å². The van der Waals surface area contributed by atoms with Crippen LogP contribution in [0.5, 0.6) is 0 Å². The monoisotopic (exact) mass is 306 g/mol. The highest BCUT2D eigenvalue weighted by molar-refractivity contribution is 6.33. The summed E-state index contributed by atoms with van der Waals surface area (Å²) in [4.78, 5) is 21.3. The lowest BCUT2D eigenvalue weighted by molar-refractivity contribution is -0.255. The number of urea groups is 1. The Bertz CT molecular complexity index is 724. The first-order valence-corrected chi connectivity index (χ1v) is 6.05. The lowest BCUT2D eigenvalue weighted by Crippen LogP contribution is -2.24. The van der Waals surface area contributed by atoms with E-state index in [1.54, 1.807) is 12.1 Å². The van der Waals surface area contributed by atoms with Gasteiger partial charge < -0.3 is 20.1 Å². The number of benzene rings is 1. The summed E-state index contributed by atoms with van der Waals surface area (Å²) in [7, 11) is 0. The van der Waals surface area contributed by atoms with Crippen molar-refractivity contribution in [2.45, 2.75) is 0 Å². The molecular formula is C13H9ClN3O4-. The number of nitrogens with zero attached hydrogens (tertiary/aromatic N) is 1. The van der Waals surface area contributed by atoms with Gasteiger partial charge in [-0.05, 0) is 29.8 Å². The third-order valence-corrected chi connectivity index (χ3v) is 2.79. The summed E-state index contributed by atoms with van der Waals surface area (Å²) >= 11 is 6.01. The predicted octanol–water partition coefficient (Wildman–Crippen LogP) is 0.966. The fourth-order valence-corrected chi connectivity index (χ4v) is 1.78. The number of carboxylic acids is 1. The zero-order valence-corrected chi connectivity index (χ0v) is 11.3. The van der Waals surface area contributed by atoms with Gasteiger partial charge in [0.15, 0.2) is 0 Å². The molecule has 2 amide bonds. The van der Waals surface area contributed by atoms with Gasteiger partial charge in [-0.25, -0.2) is 10.2 Å². The maximum Gasteiger partial charge on any atom is 0.332 e. The van der Waals surface area contributed by atoms with Crippen LogP contribution in [-0.4, -0.2) is 18.2 Å². The van der Waals surface area contributed by atoms with Crippen molar-refractivity contribution in [2.24, 2.45) is 10.8 Å². The Morgan fingerprint density at radius 3 is 2.76 bits per heavy atom. The Kier molecular flexibility index (Phi) is 4.24. The van der Waals surface area contributed by atoms with Crippen LogP contribution in [0.15, 0.2) is 39.9 Å². The largest absolute Gasteiger partial charge is 0.545 e. The highest BCUT2D eigenvalue weighted by atomic mass is 35.5. The van der Waals surface area contributed by atoms with E-state index in [0.29, 0.717) is 22.1 Å². The van der Waals surface area contributed by atoms with Crippen LogP contribution in [0.4, 0.5) is 4.79 Å². The molecule has 0 aliphatic heterocycles. The van der Waals surface area contributed by atoms with E-state index in [2.05, 4.69) is 5.10 Å². The molecule has 1 aromatic carbocycles. The number of carbonyl (C=O) groups excluding carboxylic acids is 2. The van der Waals surface area contributed by atoms with Crippen molar-refractivity contribution in [3.8, 4) is 11.3 Å². The number of halogens is 1. The molecule has 1 heterocycles. The topological polar surface area (TPSA) is 121 Å². The Morgan fingerprint density at radius 2 is 2.10 bits per heavy atom. The van der Waals surface area contributed by atoms with Gasteiger partial charge in [-0.3, -0.25) is 0 Å². The smallest absolute Gasteiger partial charge is 0.332 e. The predicted molar refractivity (Wildman–Crippen MR) is 73.8 cm³/mol. The second kappa shape index (κ2) is 6.10. The number of primary amides is 1. The van der Waals surface area contributed by atoms with Crippen molar-refractivity contribution in [3.05, 3.63) is 46.7 Å². The summed E-state index contributed by atoms with van der Waals surface area (Å²) in [5.74, 6) is -0.635. The molecule has 3 N–H and O–H groups in total. The number of carboxylic acid groups (broad SMARTS) is 1. The van der Waals surface area contributed by atoms with Gasteiger partial charge in [0.25, 0.3) is 0 Å². The van der Waals surface area contributed by atoms with Gasteiger partial charge >= 0.3 is 6.03 Å². The van der Waals surface area contributed by atoms with E-state index < -0.39 is 12.0 Å². The van der Waals surface area contributed by atoms with Crippen molar-refractivity contribution in [1.29, 1.82) is 0 Å². The van der Waals surface area contributed by atoms with Crippen LogP contribution in [0, 0.1) is 0 Å². The van der Waals surface area contributed by atoms with E-state index in [-0.39, 0.29) is 5.56 Å². The summed E-state index contributed by atoms with van der Waals surface area (Å²) in [6, 6.07) is 6.48. The third kappa shape index (κ3) is 3.61. The lowest BCUT2D eigenvalue weighted by atomic mass is 10.1. The van der Waals surface area contributed by atoms with Crippen LogP contribution in [0.25, 0.3) is 11.3 Å². The number of aromatic carboxylic acids is 1. The van der Waals surface area contributed by atoms with Crippen molar-refractivity contribution in [1.82, 2.24) is 5.43 Å². The molecule has 0 fully saturated rings. The van der Waals surface area contributed by atoms with Crippen LogP contribution < -0.4 is 16.3 Å². The minimum absolute atomic E-state index is 0.0172. The van der Waals surface area contributed by atoms with Crippen LogP contribution in [0.1, 0.15) is 16.1 Å². The van der Waals surface area contributed by atoms with Gasteiger partial charge in [0.1, 0.15) is 11.5 Å². The normalized spacial score (nSPS) is 10.7. The molecule has 2 aromatic rings. The molecule has 1 aromatic heterocycles. The molecule has 0 atom stereocenters. The number of furan rings is 1. The van der Waals surface area contributed by atoms with Gasteiger partial charge in [0, 0.05) is 5.56 Å². The van der Waals surface area contributed by atoms with E-state index in [1.807, 2.05) is 5.43 Å². The van der Waals surface area contributed by atoms with Crippen LogP contribution >= 0.6 is 11.6 Å². The lowest BCUT2D eigenvalue weighted by Gasteiger charge is -2.06. The zero-order chi connectivity index (χ0) is 15.4. The molecule has 21 heavy (non-hydrogen) atoms.